The maximum Gasteiger partial charge on any atom is 0.238 e. The van der Waals surface area contributed by atoms with E-state index in [0.717, 1.165) is 22.0 Å². The summed E-state index contributed by atoms with van der Waals surface area (Å²) >= 11 is 0. The first-order valence-corrected chi connectivity index (χ1v) is 10.3. The third kappa shape index (κ3) is 5.33. The van der Waals surface area contributed by atoms with E-state index in [-0.39, 0.29) is 25.6 Å². The van der Waals surface area contributed by atoms with Gasteiger partial charge in [0.2, 0.25) is 15.9 Å². The van der Waals surface area contributed by atoms with Gasteiger partial charge in [-0.3, -0.25) is 4.79 Å². The number of rotatable bonds is 8. The highest BCUT2D eigenvalue weighted by Gasteiger charge is 2.26. The van der Waals surface area contributed by atoms with Gasteiger partial charge in [0.1, 0.15) is 5.75 Å². The summed E-state index contributed by atoms with van der Waals surface area (Å²) in [5.41, 5.74) is 1.000. The normalized spacial score (nSPS) is 15.4. The van der Waals surface area contributed by atoms with Gasteiger partial charge >= 0.3 is 0 Å². The van der Waals surface area contributed by atoms with Crippen molar-refractivity contribution < 1.29 is 22.7 Å². The lowest BCUT2D eigenvalue weighted by atomic mass is 10.2. The molecule has 0 atom stereocenters. The Hall–Kier alpha value is -1.84. The molecule has 0 radical (unpaired) electrons. The number of piperazine rings is 1. The molecule has 0 N–H and O–H groups in total. The largest absolute Gasteiger partial charge is 0.495 e. The zero-order valence-electron chi connectivity index (χ0n) is 15.6. The van der Waals surface area contributed by atoms with Crippen LogP contribution in [0.3, 0.4) is 0 Å². The van der Waals surface area contributed by atoms with Crippen molar-refractivity contribution in [3.8, 4) is 5.75 Å². The lowest BCUT2D eigenvalue weighted by molar-refractivity contribution is -0.131. The van der Waals surface area contributed by atoms with Gasteiger partial charge in [-0.05, 0) is 12.1 Å². The molecule has 26 heavy (non-hydrogen) atoms. The van der Waals surface area contributed by atoms with Crippen LogP contribution in [0.1, 0.15) is 0 Å². The van der Waals surface area contributed by atoms with Gasteiger partial charge in [0.15, 0.2) is 0 Å². The number of amides is 1. The standard InChI is InChI=1S/C17H27N3O5S/c1-24-13-12-20(26(3,22)23)14-17(21)19-10-8-18(9-11-19)15-6-4-5-7-16(15)25-2/h4-7H,8-14H2,1-3H3. The molecule has 0 spiro atoms. The van der Waals surface area contributed by atoms with Crippen LogP contribution in [0.4, 0.5) is 5.69 Å². The summed E-state index contributed by atoms with van der Waals surface area (Å²) in [4.78, 5) is 16.4. The molecular formula is C17H27N3O5S. The number of hydrogen-bond acceptors (Lipinski definition) is 6. The van der Waals surface area contributed by atoms with Crippen molar-refractivity contribution in [3.63, 3.8) is 0 Å². The molecule has 146 valence electrons. The van der Waals surface area contributed by atoms with Gasteiger partial charge in [-0.25, -0.2) is 8.42 Å². The van der Waals surface area contributed by atoms with Crippen molar-refractivity contribution in [3.05, 3.63) is 24.3 Å². The number of para-hydroxylation sites is 2. The quantitative estimate of drug-likeness (QED) is 0.638. The van der Waals surface area contributed by atoms with E-state index in [1.807, 2.05) is 24.3 Å². The van der Waals surface area contributed by atoms with E-state index in [9.17, 15) is 13.2 Å². The Bertz CT molecular complexity index is 702. The fourth-order valence-electron chi connectivity index (χ4n) is 2.89. The Labute approximate surface area is 155 Å². The number of sulfonamides is 1. The van der Waals surface area contributed by atoms with E-state index >= 15 is 0 Å². The summed E-state index contributed by atoms with van der Waals surface area (Å²) in [5.74, 6) is 0.612. The smallest absolute Gasteiger partial charge is 0.238 e. The second kappa shape index (κ2) is 9.20. The minimum atomic E-state index is -3.45. The van der Waals surface area contributed by atoms with Crippen LogP contribution < -0.4 is 9.64 Å². The van der Waals surface area contributed by atoms with Gasteiger partial charge < -0.3 is 19.3 Å². The number of ether oxygens (including phenoxy) is 2. The maximum absolute atomic E-state index is 12.5. The Morgan fingerprint density at radius 2 is 1.81 bits per heavy atom. The number of anilines is 1. The molecule has 0 aromatic heterocycles. The summed E-state index contributed by atoms with van der Waals surface area (Å²) in [5, 5.41) is 0. The van der Waals surface area contributed by atoms with Gasteiger partial charge in [-0.15, -0.1) is 0 Å². The summed E-state index contributed by atoms with van der Waals surface area (Å²) in [6.07, 6.45) is 1.11. The molecule has 1 aliphatic rings. The molecule has 1 amide bonds. The average Bonchev–Trinajstić information content (AvgIpc) is 2.64. The molecule has 1 aromatic rings. The monoisotopic (exact) mass is 385 g/mol. The first kappa shape index (κ1) is 20.5. The predicted molar refractivity (Wildman–Crippen MR) is 100 cm³/mol. The minimum absolute atomic E-state index is 0.156. The lowest BCUT2D eigenvalue weighted by Crippen LogP contribution is -2.52. The van der Waals surface area contributed by atoms with E-state index in [0.29, 0.717) is 26.2 Å². The number of carbonyl (C=O) groups excluding carboxylic acids is 1. The molecule has 0 unspecified atom stereocenters. The van der Waals surface area contributed by atoms with Crippen LogP contribution in [-0.4, -0.2) is 89.9 Å². The first-order chi connectivity index (χ1) is 12.4. The molecule has 0 aliphatic carbocycles. The molecular weight excluding hydrogens is 358 g/mol. The molecule has 1 saturated heterocycles. The van der Waals surface area contributed by atoms with E-state index in [1.54, 1.807) is 12.0 Å². The molecule has 1 aromatic carbocycles. The van der Waals surface area contributed by atoms with Gasteiger partial charge in [-0.1, -0.05) is 12.1 Å². The summed E-state index contributed by atoms with van der Waals surface area (Å²) in [7, 11) is -0.318. The van der Waals surface area contributed by atoms with Gasteiger partial charge in [0, 0.05) is 39.8 Å². The zero-order valence-corrected chi connectivity index (χ0v) is 16.4. The topological polar surface area (TPSA) is 79.4 Å². The predicted octanol–water partition coefficient (Wildman–Crippen LogP) is 0.252. The molecule has 1 heterocycles. The van der Waals surface area contributed by atoms with Crippen molar-refractivity contribution in [2.24, 2.45) is 0 Å². The molecule has 8 nitrogen and oxygen atoms in total. The fourth-order valence-corrected chi connectivity index (χ4v) is 3.65. The summed E-state index contributed by atoms with van der Waals surface area (Å²) < 4.78 is 35.2. The molecule has 0 bridgehead atoms. The third-order valence-electron chi connectivity index (χ3n) is 4.38. The second-order valence-corrected chi connectivity index (χ2v) is 8.11. The molecule has 1 fully saturated rings. The molecule has 1 aliphatic heterocycles. The van der Waals surface area contributed by atoms with Crippen molar-refractivity contribution in [1.82, 2.24) is 9.21 Å². The Balaban J connectivity index is 1.95. The average molecular weight is 385 g/mol. The Kier molecular flexibility index (Phi) is 7.24. The van der Waals surface area contributed by atoms with Crippen molar-refractivity contribution in [1.29, 1.82) is 0 Å². The highest BCUT2D eigenvalue weighted by molar-refractivity contribution is 7.88. The zero-order chi connectivity index (χ0) is 19.2. The van der Waals surface area contributed by atoms with E-state index < -0.39 is 10.0 Å². The van der Waals surface area contributed by atoms with Crippen molar-refractivity contribution >= 4 is 21.6 Å². The van der Waals surface area contributed by atoms with Crippen LogP contribution in [0.15, 0.2) is 24.3 Å². The second-order valence-electron chi connectivity index (χ2n) is 6.13. The van der Waals surface area contributed by atoms with Crippen LogP contribution in [0, 0.1) is 0 Å². The Morgan fingerprint density at radius 1 is 1.15 bits per heavy atom. The highest BCUT2D eigenvalue weighted by Crippen LogP contribution is 2.28. The van der Waals surface area contributed by atoms with Crippen LogP contribution in [0.25, 0.3) is 0 Å². The van der Waals surface area contributed by atoms with Gasteiger partial charge in [-0.2, -0.15) is 4.31 Å². The van der Waals surface area contributed by atoms with Crippen LogP contribution in [0.5, 0.6) is 5.75 Å². The van der Waals surface area contributed by atoms with Gasteiger partial charge in [0.05, 0.1) is 32.2 Å². The van der Waals surface area contributed by atoms with E-state index in [1.165, 1.54) is 7.11 Å². The third-order valence-corrected chi connectivity index (χ3v) is 5.63. The first-order valence-electron chi connectivity index (χ1n) is 8.46. The van der Waals surface area contributed by atoms with Gasteiger partial charge in [0.25, 0.3) is 0 Å². The summed E-state index contributed by atoms with van der Waals surface area (Å²) in [6.45, 7) is 2.69. The number of benzene rings is 1. The number of methoxy groups -OCH3 is 2. The number of hydrogen-bond donors (Lipinski definition) is 0. The number of carbonyl (C=O) groups is 1. The van der Waals surface area contributed by atoms with E-state index in [2.05, 4.69) is 4.90 Å². The molecule has 0 saturated carbocycles. The minimum Gasteiger partial charge on any atom is -0.495 e. The SMILES string of the molecule is COCCN(CC(=O)N1CCN(c2ccccc2OC)CC1)S(C)(=O)=O. The molecule has 2 rings (SSSR count). The van der Waals surface area contributed by atoms with E-state index in [4.69, 9.17) is 9.47 Å². The van der Waals surface area contributed by atoms with Crippen LogP contribution in [-0.2, 0) is 19.6 Å². The maximum atomic E-state index is 12.5. The highest BCUT2D eigenvalue weighted by atomic mass is 32.2. The number of nitrogens with zero attached hydrogens (tertiary/aromatic N) is 3. The fraction of sp³-hybridized carbons (Fsp3) is 0.588. The van der Waals surface area contributed by atoms with Crippen LogP contribution in [0.2, 0.25) is 0 Å². The lowest BCUT2D eigenvalue weighted by Gasteiger charge is -2.37. The molecule has 9 heteroatoms. The van der Waals surface area contributed by atoms with Crippen molar-refractivity contribution in [2.75, 3.05) is 71.3 Å². The Morgan fingerprint density at radius 3 is 2.38 bits per heavy atom. The van der Waals surface area contributed by atoms with Crippen molar-refractivity contribution in [2.45, 2.75) is 0 Å². The van der Waals surface area contributed by atoms with Crippen LogP contribution >= 0.6 is 0 Å². The summed E-state index contributed by atoms with van der Waals surface area (Å²) in [6, 6.07) is 7.77.